The van der Waals surface area contributed by atoms with E-state index in [0.29, 0.717) is 12.7 Å². The SMILES string of the molecule is CC(C)c1ccccc1-c1ccc2c(c1)OCO2. The first-order valence-corrected chi connectivity index (χ1v) is 6.24. The van der Waals surface area contributed by atoms with Crippen molar-refractivity contribution in [1.82, 2.24) is 0 Å². The molecule has 0 amide bonds. The minimum Gasteiger partial charge on any atom is -0.454 e. The van der Waals surface area contributed by atoms with Crippen LogP contribution in [0.3, 0.4) is 0 Å². The normalized spacial score (nSPS) is 13.1. The van der Waals surface area contributed by atoms with Gasteiger partial charge in [0.25, 0.3) is 0 Å². The molecule has 0 saturated carbocycles. The van der Waals surface area contributed by atoms with Crippen LogP contribution in [0.15, 0.2) is 42.5 Å². The molecule has 0 N–H and O–H groups in total. The predicted molar refractivity (Wildman–Crippen MR) is 72.1 cm³/mol. The number of hydrogen-bond acceptors (Lipinski definition) is 2. The van der Waals surface area contributed by atoms with Gasteiger partial charge in [0.05, 0.1) is 0 Å². The Morgan fingerprint density at radius 2 is 1.72 bits per heavy atom. The molecule has 1 aliphatic heterocycles. The minimum atomic E-state index is 0.324. The third-order valence-corrected chi connectivity index (χ3v) is 3.27. The summed E-state index contributed by atoms with van der Waals surface area (Å²) in [4.78, 5) is 0. The Morgan fingerprint density at radius 3 is 2.56 bits per heavy atom. The molecule has 0 aliphatic carbocycles. The quantitative estimate of drug-likeness (QED) is 0.783. The zero-order valence-corrected chi connectivity index (χ0v) is 10.6. The molecular formula is C16H16O2. The van der Waals surface area contributed by atoms with Gasteiger partial charge in [-0.1, -0.05) is 44.2 Å². The lowest BCUT2D eigenvalue weighted by Gasteiger charge is -2.13. The van der Waals surface area contributed by atoms with Gasteiger partial charge in [-0.25, -0.2) is 0 Å². The highest BCUT2D eigenvalue weighted by atomic mass is 16.7. The van der Waals surface area contributed by atoms with Gasteiger partial charge >= 0.3 is 0 Å². The standard InChI is InChI=1S/C16H16O2/c1-11(2)13-5-3-4-6-14(13)12-7-8-15-16(9-12)18-10-17-15/h3-9,11H,10H2,1-2H3. The molecule has 0 unspecified atom stereocenters. The first-order chi connectivity index (χ1) is 8.75. The van der Waals surface area contributed by atoms with Gasteiger partial charge in [0.2, 0.25) is 6.79 Å². The Labute approximate surface area is 107 Å². The van der Waals surface area contributed by atoms with E-state index in [-0.39, 0.29) is 0 Å². The highest BCUT2D eigenvalue weighted by Gasteiger charge is 2.15. The first kappa shape index (κ1) is 11.1. The van der Waals surface area contributed by atoms with Crippen LogP contribution >= 0.6 is 0 Å². The van der Waals surface area contributed by atoms with E-state index >= 15 is 0 Å². The van der Waals surface area contributed by atoms with Gasteiger partial charge in [0.1, 0.15) is 0 Å². The summed E-state index contributed by atoms with van der Waals surface area (Å²) in [7, 11) is 0. The van der Waals surface area contributed by atoms with E-state index in [0.717, 1.165) is 11.5 Å². The Kier molecular flexibility index (Phi) is 2.71. The summed E-state index contributed by atoms with van der Waals surface area (Å²) < 4.78 is 10.8. The van der Waals surface area contributed by atoms with Crippen LogP contribution in [-0.2, 0) is 0 Å². The van der Waals surface area contributed by atoms with Gasteiger partial charge in [-0.3, -0.25) is 0 Å². The lowest BCUT2D eigenvalue weighted by Crippen LogP contribution is -1.93. The fourth-order valence-corrected chi connectivity index (χ4v) is 2.33. The Bertz CT molecular complexity index is 573. The van der Waals surface area contributed by atoms with Crippen molar-refractivity contribution >= 4 is 0 Å². The molecule has 0 radical (unpaired) electrons. The monoisotopic (exact) mass is 240 g/mol. The average molecular weight is 240 g/mol. The van der Waals surface area contributed by atoms with Crippen molar-refractivity contribution in [2.75, 3.05) is 6.79 Å². The van der Waals surface area contributed by atoms with Crippen molar-refractivity contribution < 1.29 is 9.47 Å². The lowest BCUT2D eigenvalue weighted by molar-refractivity contribution is 0.174. The van der Waals surface area contributed by atoms with Crippen LogP contribution in [0.4, 0.5) is 0 Å². The van der Waals surface area contributed by atoms with Crippen LogP contribution in [-0.4, -0.2) is 6.79 Å². The summed E-state index contributed by atoms with van der Waals surface area (Å²) in [5.74, 6) is 2.18. The maximum absolute atomic E-state index is 5.44. The van der Waals surface area contributed by atoms with Crippen LogP contribution in [0, 0.1) is 0 Å². The van der Waals surface area contributed by atoms with Crippen LogP contribution in [0.25, 0.3) is 11.1 Å². The third kappa shape index (κ3) is 1.84. The highest BCUT2D eigenvalue weighted by molar-refractivity contribution is 5.71. The summed E-state index contributed by atoms with van der Waals surface area (Å²) in [5.41, 5.74) is 3.81. The van der Waals surface area contributed by atoms with E-state index in [4.69, 9.17) is 9.47 Å². The lowest BCUT2D eigenvalue weighted by atomic mass is 9.92. The van der Waals surface area contributed by atoms with Crippen molar-refractivity contribution in [3.8, 4) is 22.6 Å². The Morgan fingerprint density at radius 1 is 0.944 bits per heavy atom. The Balaban J connectivity index is 2.10. The molecule has 3 rings (SSSR count). The zero-order valence-electron chi connectivity index (χ0n) is 10.6. The molecule has 1 heterocycles. The van der Waals surface area contributed by atoms with E-state index in [9.17, 15) is 0 Å². The number of ether oxygens (including phenoxy) is 2. The van der Waals surface area contributed by atoms with Crippen LogP contribution in [0.1, 0.15) is 25.3 Å². The topological polar surface area (TPSA) is 18.5 Å². The first-order valence-electron chi connectivity index (χ1n) is 6.24. The van der Waals surface area contributed by atoms with Crippen molar-refractivity contribution in [2.24, 2.45) is 0 Å². The van der Waals surface area contributed by atoms with Gasteiger partial charge < -0.3 is 9.47 Å². The van der Waals surface area contributed by atoms with Gasteiger partial charge in [-0.05, 0) is 34.7 Å². The molecular weight excluding hydrogens is 224 g/mol. The molecule has 0 fully saturated rings. The summed E-state index contributed by atoms with van der Waals surface area (Å²) in [6.07, 6.45) is 0. The molecule has 2 heteroatoms. The van der Waals surface area contributed by atoms with Crippen molar-refractivity contribution in [2.45, 2.75) is 19.8 Å². The number of hydrogen-bond donors (Lipinski definition) is 0. The smallest absolute Gasteiger partial charge is 0.231 e. The zero-order chi connectivity index (χ0) is 12.5. The molecule has 18 heavy (non-hydrogen) atoms. The van der Waals surface area contributed by atoms with E-state index in [1.165, 1.54) is 16.7 Å². The summed E-state index contributed by atoms with van der Waals surface area (Å²) >= 11 is 0. The summed E-state index contributed by atoms with van der Waals surface area (Å²) in [6, 6.07) is 14.6. The minimum absolute atomic E-state index is 0.324. The van der Waals surface area contributed by atoms with Crippen molar-refractivity contribution in [3.63, 3.8) is 0 Å². The van der Waals surface area contributed by atoms with E-state index in [1.54, 1.807) is 0 Å². The van der Waals surface area contributed by atoms with E-state index < -0.39 is 0 Å². The molecule has 92 valence electrons. The molecule has 0 atom stereocenters. The molecule has 2 aromatic carbocycles. The van der Waals surface area contributed by atoms with E-state index in [1.807, 2.05) is 6.07 Å². The molecule has 2 nitrogen and oxygen atoms in total. The summed E-state index contributed by atoms with van der Waals surface area (Å²) in [6.45, 7) is 4.75. The number of benzene rings is 2. The van der Waals surface area contributed by atoms with Crippen LogP contribution < -0.4 is 9.47 Å². The van der Waals surface area contributed by atoms with Gasteiger partial charge in [0.15, 0.2) is 11.5 Å². The number of rotatable bonds is 2. The van der Waals surface area contributed by atoms with Crippen molar-refractivity contribution in [1.29, 1.82) is 0 Å². The van der Waals surface area contributed by atoms with E-state index in [2.05, 4.69) is 50.2 Å². The predicted octanol–water partition coefficient (Wildman–Crippen LogP) is 4.21. The fraction of sp³-hybridized carbons (Fsp3) is 0.250. The maximum atomic E-state index is 5.44. The molecule has 1 aliphatic rings. The second-order valence-electron chi connectivity index (χ2n) is 4.81. The summed E-state index contributed by atoms with van der Waals surface area (Å²) in [5, 5.41) is 0. The van der Waals surface area contributed by atoms with Crippen LogP contribution in [0.2, 0.25) is 0 Å². The second-order valence-corrected chi connectivity index (χ2v) is 4.81. The number of fused-ring (bicyclic) bond motifs is 1. The van der Waals surface area contributed by atoms with Gasteiger partial charge in [-0.15, -0.1) is 0 Å². The van der Waals surface area contributed by atoms with Crippen molar-refractivity contribution in [3.05, 3.63) is 48.0 Å². The van der Waals surface area contributed by atoms with Crippen LogP contribution in [0.5, 0.6) is 11.5 Å². The molecule has 0 spiro atoms. The average Bonchev–Trinajstić information content (AvgIpc) is 2.85. The molecule has 0 aromatic heterocycles. The molecule has 2 aromatic rings. The molecule has 0 bridgehead atoms. The fourth-order valence-electron chi connectivity index (χ4n) is 2.33. The van der Waals surface area contributed by atoms with Gasteiger partial charge in [-0.2, -0.15) is 0 Å². The highest BCUT2D eigenvalue weighted by Crippen LogP contribution is 2.37. The largest absolute Gasteiger partial charge is 0.454 e. The second kappa shape index (κ2) is 4.37. The van der Waals surface area contributed by atoms with Gasteiger partial charge in [0, 0.05) is 0 Å². The third-order valence-electron chi connectivity index (χ3n) is 3.27. The Hall–Kier alpha value is -1.96. The molecule has 0 saturated heterocycles. The maximum Gasteiger partial charge on any atom is 0.231 e.